The Bertz CT molecular complexity index is 867. The van der Waals surface area contributed by atoms with Crippen LogP contribution in [0, 0.1) is 0 Å². The molecule has 0 radical (unpaired) electrons. The van der Waals surface area contributed by atoms with Crippen LogP contribution in [0.5, 0.6) is 11.5 Å². The Hall–Kier alpha value is -2.95. The third kappa shape index (κ3) is 3.45. The van der Waals surface area contributed by atoms with E-state index in [0.29, 0.717) is 18.2 Å². The quantitative estimate of drug-likeness (QED) is 0.691. The summed E-state index contributed by atoms with van der Waals surface area (Å²) in [6.45, 7) is 0.643. The highest BCUT2D eigenvalue weighted by Crippen LogP contribution is 2.40. The van der Waals surface area contributed by atoms with Crippen molar-refractivity contribution in [2.75, 3.05) is 12.4 Å². The molecule has 25 heavy (non-hydrogen) atoms. The Morgan fingerprint density at radius 2 is 2.00 bits per heavy atom. The van der Waals surface area contributed by atoms with Gasteiger partial charge in [0.05, 0.1) is 13.3 Å². The molecule has 0 amide bonds. The third-order valence-corrected chi connectivity index (χ3v) is 4.36. The first-order chi connectivity index (χ1) is 12.2. The number of oxazole rings is 1. The Balaban J connectivity index is 1.41. The first kappa shape index (κ1) is 15.6. The summed E-state index contributed by atoms with van der Waals surface area (Å²) in [6, 6.07) is 13.4. The van der Waals surface area contributed by atoms with E-state index in [1.807, 2.05) is 36.4 Å². The topological polar surface area (TPSA) is 67.5 Å². The number of ether oxygens (including phenoxy) is 1. The van der Waals surface area contributed by atoms with Gasteiger partial charge in [0.1, 0.15) is 0 Å². The normalized spacial score (nSPS) is 13.6. The summed E-state index contributed by atoms with van der Waals surface area (Å²) in [5.74, 6) is 2.83. The highest BCUT2D eigenvalue weighted by Gasteiger charge is 2.28. The van der Waals surface area contributed by atoms with Crippen LogP contribution in [0.25, 0.3) is 11.3 Å². The lowest BCUT2D eigenvalue weighted by molar-refractivity contribution is 0.373. The van der Waals surface area contributed by atoms with Crippen molar-refractivity contribution in [2.45, 2.75) is 25.3 Å². The van der Waals surface area contributed by atoms with Crippen LogP contribution >= 0.6 is 0 Å². The minimum absolute atomic E-state index is 0.147. The summed E-state index contributed by atoms with van der Waals surface area (Å²) < 4.78 is 11.0. The van der Waals surface area contributed by atoms with Crippen LogP contribution in [0.2, 0.25) is 0 Å². The third-order valence-electron chi connectivity index (χ3n) is 4.36. The zero-order valence-electron chi connectivity index (χ0n) is 14.0. The van der Waals surface area contributed by atoms with Gasteiger partial charge in [-0.3, -0.25) is 0 Å². The fourth-order valence-electron chi connectivity index (χ4n) is 2.73. The summed E-state index contributed by atoms with van der Waals surface area (Å²) in [5.41, 5.74) is 3.07. The largest absolute Gasteiger partial charge is 0.504 e. The highest BCUT2D eigenvalue weighted by molar-refractivity contribution is 5.61. The molecule has 128 valence electrons. The van der Waals surface area contributed by atoms with E-state index in [2.05, 4.69) is 10.3 Å². The molecule has 0 atom stereocenters. The number of nitrogens with one attached hydrogen (secondary N) is 1. The lowest BCUT2D eigenvalue weighted by Crippen LogP contribution is -1.99. The fourth-order valence-corrected chi connectivity index (χ4v) is 2.73. The van der Waals surface area contributed by atoms with E-state index in [4.69, 9.17) is 9.15 Å². The van der Waals surface area contributed by atoms with Crippen LogP contribution in [0.3, 0.4) is 0 Å². The number of hydrogen-bond donors (Lipinski definition) is 2. The Kier molecular flexibility index (Phi) is 4.06. The number of nitrogens with zero attached hydrogens (tertiary/aromatic N) is 1. The first-order valence-corrected chi connectivity index (χ1v) is 8.39. The monoisotopic (exact) mass is 336 g/mol. The molecule has 5 heteroatoms. The molecular formula is C20H20N2O3. The van der Waals surface area contributed by atoms with Gasteiger partial charge in [-0.05, 0) is 54.8 Å². The molecular weight excluding hydrogens is 316 g/mol. The van der Waals surface area contributed by atoms with Crippen LogP contribution in [0.1, 0.15) is 30.2 Å². The predicted molar refractivity (Wildman–Crippen MR) is 95.9 cm³/mol. The number of anilines is 1. The number of aromatic nitrogens is 1. The van der Waals surface area contributed by atoms with E-state index >= 15 is 0 Å². The maximum absolute atomic E-state index is 9.64. The van der Waals surface area contributed by atoms with Crippen molar-refractivity contribution in [1.82, 2.24) is 4.98 Å². The fraction of sp³-hybridized carbons (Fsp3) is 0.250. The molecule has 0 spiro atoms. The maximum Gasteiger partial charge on any atom is 0.198 e. The molecule has 5 nitrogen and oxygen atoms in total. The second-order valence-electron chi connectivity index (χ2n) is 6.27. The molecule has 2 aromatic carbocycles. The van der Waals surface area contributed by atoms with Gasteiger partial charge >= 0.3 is 0 Å². The van der Waals surface area contributed by atoms with Gasteiger partial charge in [0, 0.05) is 23.7 Å². The highest BCUT2D eigenvalue weighted by atomic mass is 16.5. The molecule has 1 saturated carbocycles. The molecule has 1 aliphatic rings. The molecule has 3 aromatic rings. The van der Waals surface area contributed by atoms with Gasteiger partial charge in [-0.15, -0.1) is 0 Å². The molecule has 1 aromatic heterocycles. The van der Waals surface area contributed by atoms with Gasteiger partial charge in [-0.25, -0.2) is 4.98 Å². The molecule has 1 fully saturated rings. The minimum Gasteiger partial charge on any atom is -0.504 e. The van der Waals surface area contributed by atoms with Gasteiger partial charge in [-0.2, -0.15) is 0 Å². The van der Waals surface area contributed by atoms with Gasteiger partial charge < -0.3 is 19.6 Å². The lowest BCUT2D eigenvalue weighted by Gasteiger charge is -2.09. The molecule has 0 unspecified atom stereocenters. The van der Waals surface area contributed by atoms with Crippen LogP contribution in [-0.4, -0.2) is 17.2 Å². The lowest BCUT2D eigenvalue weighted by atomic mass is 10.1. The summed E-state index contributed by atoms with van der Waals surface area (Å²) in [7, 11) is 1.54. The maximum atomic E-state index is 9.64. The van der Waals surface area contributed by atoms with Gasteiger partial charge in [0.2, 0.25) is 0 Å². The summed E-state index contributed by atoms with van der Waals surface area (Å²) >= 11 is 0. The van der Waals surface area contributed by atoms with Gasteiger partial charge in [0.15, 0.2) is 23.1 Å². The number of rotatable bonds is 6. The van der Waals surface area contributed by atoms with E-state index in [1.165, 1.54) is 12.8 Å². The SMILES string of the molecule is COc1cc(CNc2ccc(-c3cnc(C4CC4)o3)cc2)ccc1O. The Morgan fingerprint density at radius 1 is 1.20 bits per heavy atom. The van der Waals surface area contributed by atoms with E-state index in [9.17, 15) is 5.11 Å². The van der Waals surface area contributed by atoms with Crippen molar-refractivity contribution in [1.29, 1.82) is 0 Å². The van der Waals surface area contributed by atoms with Crippen molar-refractivity contribution in [3.63, 3.8) is 0 Å². The standard InChI is InChI=1S/C20H20N2O3/c1-24-18-10-13(2-9-17(18)23)11-21-16-7-5-14(6-8-16)19-12-22-20(25-19)15-3-4-15/h2,5-10,12,15,21,23H,3-4,11H2,1H3. The van der Waals surface area contributed by atoms with E-state index < -0.39 is 0 Å². The molecule has 1 heterocycles. The number of phenols is 1. The van der Waals surface area contributed by atoms with Crippen molar-refractivity contribution in [3.05, 3.63) is 60.1 Å². The van der Waals surface area contributed by atoms with Crippen LogP contribution < -0.4 is 10.1 Å². The van der Waals surface area contributed by atoms with Crippen LogP contribution in [0.4, 0.5) is 5.69 Å². The number of methoxy groups -OCH3 is 1. The average Bonchev–Trinajstić information content (AvgIpc) is 3.38. The second kappa shape index (κ2) is 6.51. The second-order valence-corrected chi connectivity index (χ2v) is 6.27. The predicted octanol–water partition coefficient (Wildman–Crippen LogP) is 4.55. The van der Waals surface area contributed by atoms with E-state index in [0.717, 1.165) is 28.5 Å². The van der Waals surface area contributed by atoms with Gasteiger partial charge in [0.25, 0.3) is 0 Å². The zero-order chi connectivity index (χ0) is 17.2. The average molecular weight is 336 g/mol. The Labute approximate surface area is 146 Å². The zero-order valence-corrected chi connectivity index (χ0v) is 14.0. The molecule has 0 aliphatic heterocycles. The van der Waals surface area contributed by atoms with E-state index in [-0.39, 0.29) is 5.75 Å². The van der Waals surface area contributed by atoms with Crippen LogP contribution in [0.15, 0.2) is 53.1 Å². The minimum atomic E-state index is 0.147. The summed E-state index contributed by atoms with van der Waals surface area (Å²) in [5, 5.41) is 13.0. The molecule has 0 bridgehead atoms. The molecule has 4 rings (SSSR count). The molecule has 0 saturated heterocycles. The van der Waals surface area contributed by atoms with Gasteiger partial charge in [-0.1, -0.05) is 6.07 Å². The number of benzene rings is 2. The van der Waals surface area contributed by atoms with Crippen molar-refractivity contribution >= 4 is 5.69 Å². The van der Waals surface area contributed by atoms with Crippen molar-refractivity contribution in [2.24, 2.45) is 0 Å². The number of aromatic hydroxyl groups is 1. The first-order valence-electron chi connectivity index (χ1n) is 8.39. The summed E-state index contributed by atoms with van der Waals surface area (Å²) in [6.07, 6.45) is 4.18. The Morgan fingerprint density at radius 3 is 2.72 bits per heavy atom. The number of phenolic OH excluding ortho intramolecular Hbond substituents is 1. The van der Waals surface area contributed by atoms with E-state index in [1.54, 1.807) is 19.4 Å². The van der Waals surface area contributed by atoms with Crippen LogP contribution in [-0.2, 0) is 6.54 Å². The smallest absolute Gasteiger partial charge is 0.198 e. The van der Waals surface area contributed by atoms with Crippen molar-refractivity contribution in [3.8, 4) is 22.8 Å². The molecule has 2 N–H and O–H groups in total. The number of hydrogen-bond acceptors (Lipinski definition) is 5. The van der Waals surface area contributed by atoms with Crippen molar-refractivity contribution < 1.29 is 14.3 Å². The molecule has 1 aliphatic carbocycles. The summed E-state index contributed by atoms with van der Waals surface area (Å²) in [4.78, 5) is 4.36.